The molecule has 1 rings (SSSR count). The fourth-order valence-electron chi connectivity index (χ4n) is 1.73. The SMILES string of the molecule is COC1=C(O[Si])CCCC1(C)OC. The second kappa shape index (κ2) is 4.15. The number of hydrogen-bond acceptors (Lipinski definition) is 3. The smallest absolute Gasteiger partial charge is 0.340 e. The second-order valence-electron chi connectivity index (χ2n) is 3.35. The van der Waals surface area contributed by atoms with Crippen molar-refractivity contribution in [2.45, 2.75) is 31.8 Å². The normalized spacial score (nSPS) is 28.9. The van der Waals surface area contributed by atoms with Crippen LogP contribution in [-0.2, 0) is 13.9 Å². The summed E-state index contributed by atoms with van der Waals surface area (Å²) in [5, 5.41) is 0. The van der Waals surface area contributed by atoms with Gasteiger partial charge in [-0.05, 0) is 19.8 Å². The lowest BCUT2D eigenvalue weighted by atomic mass is 9.89. The molecule has 3 radical (unpaired) electrons. The predicted molar refractivity (Wildman–Crippen MR) is 50.1 cm³/mol. The Kier molecular flexibility index (Phi) is 3.38. The van der Waals surface area contributed by atoms with Gasteiger partial charge in [0.05, 0.1) is 7.11 Å². The zero-order valence-corrected chi connectivity index (χ0v) is 9.35. The van der Waals surface area contributed by atoms with Gasteiger partial charge in [-0.25, -0.2) is 0 Å². The average Bonchev–Trinajstić information content (AvgIpc) is 2.17. The zero-order chi connectivity index (χ0) is 9.90. The van der Waals surface area contributed by atoms with Gasteiger partial charge < -0.3 is 13.9 Å². The molecule has 0 saturated carbocycles. The highest BCUT2D eigenvalue weighted by atomic mass is 28.2. The van der Waals surface area contributed by atoms with E-state index in [1.54, 1.807) is 14.2 Å². The van der Waals surface area contributed by atoms with Crippen molar-refractivity contribution in [2.75, 3.05) is 14.2 Å². The Bertz CT molecular complexity index is 215. The first kappa shape index (κ1) is 10.6. The third-order valence-corrected chi connectivity index (χ3v) is 2.82. The molecule has 0 saturated heterocycles. The van der Waals surface area contributed by atoms with Crippen molar-refractivity contribution in [1.29, 1.82) is 0 Å². The first-order valence-corrected chi connectivity index (χ1v) is 4.75. The molecule has 4 heteroatoms. The van der Waals surface area contributed by atoms with Gasteiger partial charge >= 0.3 is 10.5 Å². The first-order valence-electron chi connectivity index (χ1n) is 4.34. The van der Waals surface area contributed by atoms with Gasteiger partial charge in [0.2, 0.25) is 0 Å². The van der Waals surface area contributed by atoms with Gasteiger partial charge in [-0.1, -0.05) is 0 Å². The van der Waals surface area contributed by atoms with Gasteiger partial charge in [-0.15, -0.1) is 0 Å². The Morgan fingerprint density at radius 3 is 2.54 bits per heavy atom. The van der Waals surface area contributed by atoms with Crippen molar-refractivity contribution in [3.05, 3.63) is 11.5 Å². The maximum absolute atomic E-state index is 5.43. The van der Waals surface area contributed by atoms with E-state index < -0.39 is 0 Å². The topological polar surface area (TPSA) is 27.7 Å². The molecule has 1 atom stereocenters. The van der Waals surface area contributed by atoms with E-state index in [9.17, 15) is 0 Å². The number of rotatable bonds is 3. The van der Waals surface area contributed by atoms with Crippen molar-refractivity contribution in [1.82, 2.24) is 0 Å². The van der Waals surface area contributed by atoms with Crippen molar-refractivity contribution >= 4 is 10.5 Å². The quantitative estimate of drug-likeness (QED) is 0.645. The Labute approximate surface area is 82.6 Å². The lowest BCUT2D eigenvalue weighted by Crippen LogP contribution is -2.34. The molecule has 73 valence electrons. The van der Waals surface area contributed by atoms with Gasteiger partial charge in [-0.2, -0.15) is 0 Å². The van der Waals surface area contributed by atoms with Gasteiger partial charge in [0.15, 0.2) is 5.76 Å². The van der Waals surface area contributed by atoms with Crippen molar-refractivity contribution in [2.24, 2.45) is 0 Å². The maximum Gasteiger partial charge on any atom is 0.340 e. The molecule has 0 aromatic carbocycles. The Morgan fingerprint density at radius 1 is 1.38 bits per heavy atom. The summed E-state index contributed by atoms with van der Waals surface area (Å²) < 4.78 is 15.8. The molecule has 0 heterocycles. The number of methoxy groups -OCH3 is 2. The van der Waals surface area contributed by atoms with Gasteiger partial charge in [0.25, 0.3) is 0 Å². The third kappa shape index (κ3) is 1.89. The van der Waals surface area contributed by atoms with Crippen LogP contribution in [0.1, 0.15) is 26.2 Å². The van der Waals surface area contributed by atoms with Crippen LogP contribution >= 0.6 is 0 Å². The largest absolute Gasteiger partial charge is 0.541 e. The monoisotopic (exact) mass is 199 g/mol. The van der Waals surface area contributed by atoms with E-state index in [2.05, 4.69) is 10.5 Å². The fraction of sp³-hybridized carbons (Fsp3) is 0.778. The summed E-state index contributed by atoms with van der Waals surface area (Å²) in [5.74, 6) is 1.62. The third-order valence-electron chi connectivity index (χ3n) is 2.57. The van der Waals surface area contributed by atoms with Gasteiger partial charge in [0.1, 0.15) is 11.4 Å². The van der Waals surface area contributed by atoms with Crippen LogP contribution in [0.2, 0.25) is 0 Å². The summed E-state index contributed by atoms with van der Waals surface area (Å²) in [7, 11) is 6.36. The van der Waals surface area contributed by atoms with Crippen molar-refractivity contribution in [3.8, 4) is 0 Å². The van der Waals surface area contributed by atoms with E-state index in [1.165, 1.54) is 0 Å². The van der Waals surface area contributed by atoms with Gasteiger partial charge in [0, 0.05) is 13.5 Å². The molecular formula is C9H15O3Si. The van der Waals surface area contributed by atoms with Crippen molar-refractivity contribution in [3.63, 3.8) is 0 Å². The first-order chi connectivity index (χ1) is 6.18. The minimum atomic E-state index is -0.338. The zero-order valence-electron chi connectivity index (χ0n) is 8.35. The highest BCUT2D eigenvalue weighted by Gasteiger charge is 2.36. The lowest BCUT2D eigenvalue weighted by Gasteiger charge is -2.34. The Morgan fingerprint density at radius 2 is 2.08 bits per heavy atom. The number of hydrogen-bond donors (Lipinski definition) is 0. The lowest BCUT2D eigenvalue weighted by molar-refractivity contribution is -0.0257. The number of ether oxygens (including phenoxy) is 2. The molecule has 0 aromatic rings. The molecule has 0 spiro atoms. The molecular weight excluding hydrogens is 184 g/mol. The molecule has 0 amide bonds. The fourth-order valence-corrected chi connectivity index (χ4v) is 1.92. The van der Waals surface area contributed by atoms with E-state index in [4.69, 9.17) is 13.9 Å². The minimum Gasteiger partial charge on any atom is -0.541 e. The summed E-state index contributed by atoms with van der Waals surface area (Å²) in [5.41, 5.74) is -0.338. The minimum absolute atomic E-state index is 0.338. The van der Waals surface area contributed by atoms with Crippen LogP contribution in [-0.4, -0.2) is 30.3 Å². The van der Waals surface area contributed by atoms with Crippen LogP contribution in [0.4, 0.5) is 0 Å². The molecule has 1 aliphatic rings. The van der Waals surface area contributed by atoms with E-state index in [0.29, 0.717) is 0 Å². The molecule has 0 aliphatic heterocycles. The van der Waals surface area contributed by atoms with Crippen LogP contribution in [0.25, 0.3) is 0 Å². The summed E-state index contributed by atoms with van der Waals surface area (Å²) in [4.78, 5) is 0. The van der Waals surface area contributed by atoms with Crippen molar-refractivity contribution < 1.29 is 13.9 Å². The summed E-state index contributed by atoms with van der Waals surface area (Å²) in [6.07, 6.45) is 2.91. The Balaban J connectivity index is 2.98. The molecule has 0 N–H and O–H groups in total. The summed E-state index contributed by atoms with van der Waals surface area (Å²) >= 11 is 0. The molecule has 0 bridgehead atoms. The standard InChI is InChI=1S/C9H15O3Si/c1-9(11-3)6-4-5-7(12-13)8(9)10-2/h4-6H2,1-3H3. The molecule has 1 unspecified atom stereocenters. The molecule has 3 nitrogen and oxygen atoms in total. The highest BCUT2D eigenvalue weighted by Crippen LogP contribution is 2.36. The van der Waals surface area contributed by atoms with Crippen LogP contribution in [0, 0.1) is 0 Å². The van der Waals surface area contributed by atoms with E-state index in [1.807, 2.05) is 6.92 Å². The van der Waals surface area contributed by atoms with Crippen LogP contribution < -0.4 is 0 Å². The van der Waals surface area contributed by atoms with E-state index in [-0.39, 0.29) is 5.60 Å². The second-order valence-corrected chi connectivity index (χ2v) is 3.55. The molecule has 0 aromatic heterocycles. The summed E-state index contributed by atoms with van der Waals surface area (Å²) in [6.45, 7) is 2.01. The van der Waals surface area contributed by atoms with Crippen LogP contribution in [0.15, 0.2) is 11.5 Å². The summed E-state index contributed by atoms with van der Waals surface area (Å²) in [6, 6.07) is 0. The van der Waals surface area contributed by atoms with Crippen LogP contribution in [0.5, 0.6) is 0 Å². The average molecular weight is 199 g/mol. The Hall–Kier alpha value is -0.483. The molecule has 1 aliphatic carbocycles. The maximum atomic E-state index is 5.43. The van der Waals surface area contributed by atoms with Gasteiger partial charge in [-0.3, -0.25) is 0 Å². The van der Waals surface area contributed by atoms with E-state index in [0.717, 1.165) is 30.8 Å². The van der Waals surface area contributed by atoms with E-state index >= 15 is 0 Å². The highest BCUT2D eigenvalue weighted by molar-refractivity contribution is 5.98. The van der Waals surface area contributed by atoms with Crippen LogP contribution in [0.3, 0.4) is 0 Å². The number of allylic oxidation sites excluding steroid dienone is 1. The molecule has 13 heavy (non-hydrogen) atoms. The molecule has 0 fully saturated rings. The predicted octanol–water partition coefficient (Wildman–Crippen LogP) is 1.53.